The lowest BCUT2D eigenvalue weighted by atomic mass is 10.1. The molecule has 0 aliphatic carbocycles. The minimum atomic E-state index is -0.456. The Bertz CT molecular complexity index is 255. The Balaban J connectivity index is 3.00. The maximum Gasteiger partial charge on any atom is 0.0777 e. The second-order valence-electron chi connectivity index (χ2n) is 2.43. The molecule has 0 saturated heterocycles. The minimum absolute atomic E-state index is 0.456. The smallest absolute Gasteiger partial charge is 0.0777 e. The van der Waals surface area contributed by atoms with E-state index in [2.05, 4.69) is 11.6 Å². The van der Waals surface area contributed by atoms with Gasteiger partial charge in [-0.15, -0.1) is 0 Å². The molecule has 0 bridgehead atoms. The number of hydrogen-bond acceptors (Lipinski definition) is 2. The summed E-state index contributed by atoms with van der Waals surface area (Å²) in [5, 5.41) is 9.17. The second-order valence-corrected chi connectivity index (χ2v) is 2.43. The summed E-state index contributed by atoms with van der Waals surface area (Å²) in [4.78, 5) is 3.95. The molecule has 0 amide bonds. The van der Waals surface area contributed by atoms with Crippen LogP contribution in [-0.4, -0.2) is 10.1 Å². The maximum absolute atomic E-state index is 9.17. The molecule has 0 spiro atoms. The normalized spacial score (nSPS) is 12.5. The van der Waals surface area contributed by atoms with Gasteiger partial charge in [-0.25, -0.2) is 0 Å². The molecule has 1 rings (SSSR count). The average molecular weight is 149 g/mol. The van der Waals surface area contributed by atoms with Crippen molar-refractivity contribution in [2.45, 2.75) is 13.0 Å². The third kappa shape index (κ3) is 1.88. The third-order valence-electron chi connectivity index (χ3n) is 1.50. The summed E-state index contributed by atoms with van der Waals surface area (Å²) in [5.41, 5.74) is 1.76. The largest absolute Gasteiger partial charge is 0.389 e. The molecule has 1 aromatic rings. The van der Waals surface area contributed by atoms with Crippen LogP contribution in [0.15, 0.2) is 25.0 Å². The Hall–Kier alpha value is -1.15. The third-order valence-corrected chi connectivity index (χ3v) is 1.50. The highest BCUT2D eigenvalue weighted by atomic mass is 16.3. The SMILES string of the molecule is C=Cc1cncc([C@@H](C)O)c1. The first kappa shape index (κ1) is 7.95. The lowest BCUT2D eigenvalue weighted by molar-refractivity contribution is 0.199. The van der Waals surface area contributed by atoms with Gasteiger partial charge in [-0.3, -0.25) is 4.98 Å². The molecule has 11 heavy (non-hydrogen) atoms. The van der Waals surface area contributed by atoms with Gasteiger partial charge >= 0.3 is 0 Å². The van der Waals surface area contributed by atoms with E-state index in [1.54, 1.807) is 25.4 Å². The van der Waals surface area contributed by atoms with E-state index in [9.17, 15) is 0 Å². The van der Waals surface area contributed by atoms with Crippen LogP contribution in [0.3, 0.4) is 0 Å². The van der Waals surface area contributed by atoms with Crippen molar-refractivity contribution in [2.24, 2.45) is 0 Å². The van der Waals surface area contributed by atoms with Crippen LogP contribution in [0.25, 0.3) is 6.08 Å². The summed E-state index contributed by atoms with van der Waals surface area (Å²) in [6.07, 6.45) is 4.61. The van der Waals surface area contributed by atoms with E-state index < -0.39 is 6.10 Å². The fraction of sp³-hybridized carbons (Fsp3) is 0.222. The second kappa shape index (κ2) is 3.30. The fourth-order valence-electron chi connectivity index (χ4n) is 0.816. The molecule has 1 aromatic heterocycles. The summed E-state index contributed by atoms with van der Waals surface area (Å²) in [6, 6.07) is 1.87. The van der Waals surface area contributed by atoms with E-state index in [0.29, 0.717) is 0 Å². The maximum atomic E-state index is 9.17. The molecule has 0 saturated carbocycles. The van der Waals surface area contributed by atoms with Crippen molar-refractivity contribution in [3.05, 3.63) is 36.2 Å². The van der Waals surface area contributed by atoms with Gasteiger partial charge in [-0.2, -0.15) is 0 Å². The van der Waals surface area contributed by atoms with Gasteiger partial charge in [0.05, 0.1) is 6.10 Å². The van der Waals surface area contributed by atoms with Crippen molar-refractivity contribution in [2.75, 3.05) is 0 Å². The van der Waals surface area contributed by atoms with Crippen molar-refractivity contribution in [1.29, 1.82) is 0 Å². The van der Waals surface area contributed by atoms with Crippen LogP contribution in [0.2, 0.25) is 0 Å². The standard InChI is InChI=1S/C9H11NO/c1-3-8-4-9(7(2)11)6-10-5-8/h3-7,11H,1H2,2H3/t7-/m1/s1. The zero-order chi connectivity index (χ0) is 8.27. The first-order valence-corrected chi connectivity index (χ1v) is 3.49. The predicted molar refractivity (Wildman–Crippen MR) is 45.0 cm³/mol. The number of rotatable bonds is 2. The topological polar surface area (TPSA) is 33.1 Å². The Labute approximate surface area is 66.2 Å². The molecule has 0 unspecified atom stereocenters. The highest BCUT2D eigenvalue weighted by Gasteiger charge is 1.99. The zero-order valence-electron chi connectivity index (χ0n) is 6.49. The Morgan fingerprint density at radius 1 is 1.64 bits per heavy atom. The molecule has 1 atom stereocenters. The van der Waals surface area contributed by atoms with Crippen LogP contribution >= 0.6 is 0 Å². The van der Waals surface area contributed by atoms with Crippen LogP contribution in [0.1, 0.15) is 24.2 Å². The van der Waals surface area contributed by atoms with Crippen molar-refractivity contribution in [1.82, 2.24) is 4.98 Å². The van der Waals surface area contributed by atoms with Crippen molar-refractivity contribution >= 4 is 6.08 Å². The average Bonchev–Trinajstić information content (AvgIpc) is 2.05. The van der Waals surface area contributed by atoms with Crippen molar-refractivity contribution in [3.63, 3.8) is 0 Å². The summed E-state index contributed by atoms with van der Waals surface area (Å²) in [7, 11) is 0. The Kier molecular flexibility index (Phi) is 2.39. The zero-order valence-corrected chi connectivity index (χ0v) is 6.49. The summed E-state index contributed by atoms with van der Waals surface area (Å²) >= 11 is 0. The lowest BCUT2D eigenvalue weighted by Gasteiger charge is -2.03. The predicted octanol–water partition coefficient (Wildman–Crippen LogP) is 1.78. The first-order valence-electron chi connectivity index (χ1n) is 3.49. The van der Waals surface area contributed by atoms with Crippen molar-refractivity contribution < 1.29 is 5.11 Å². The van der Waals surface area contributed by atoms with Crippen LogP contribution < -0.4 is 0 Å². The van der Waals surface area contributed by atoms with Crippen molar-refractivity contribution in [3.8, 4) is 0 Å². The number of aromatic nitrogens is 1. The Morgan fingerprint density at radius 2 is 2.36 bits per heavy atom. The van der Waals surface area contributed by atoms with Gasteiger partial charge in [0.25, 0.3) is 0 Å². The quantitative estimate of drug-likeness (QED) is 0.695. The molecule has 0 radical (unpaired) electrons. The van der Waals surface area contributed by atoms with Gasteiger partial charge in [0.1, 0.15) is 0 Å². The number of aliphatic hydroxyl groups is 1. The van der Waals surface area contributed by atoms with Crippen LogP contribution in [0, 0.1) is 0 Å². The van der Waals surface area contributed by atoms with Gasteiger partial charge in [-0.05, 0) is 24.1 Å². The molecule has 1 heterocycles. The van der Waals surface area contributed by atoms with Gasteiger partial charge in [-0.1, -0.05) is 12.7 Å². The minimum Gasteiger partial charge on any atom is -0.389 e. The van der Waals surface area contributed by atoms with Crippen LogP contribution in [0.4, 0.5) is 0 Å². The lowest BCUT2D eigenvalue weighted by Crippen LogP contribution is -1.92. The highest BCUT2D eigenvalue weighted by molar-refractivity contribution is 5.46. The van der Waals surface area contributed by atoms with Gasteiger partial charge in [0.2, 0.25) is 0 Å². The molecular weight excluding hydrogens is 138 g/mol. The van der Waals surface area contributed by atoms with Gasteiger partial charge in [0, 0.05) is 12.4 Å². The summed E-state index contributed by atoms with van der Waals surface area (Å²) in [6.45, 7) is 5.32. The fourth-order valence-corrected chi connectivity index (χ4v) is 0.816. The van der Waals surface area contributed by atoms with E-state index in [4.69, 9.17) is 5.11 Å². The summed E-state index contributed by atoms with van der Waals surface area (Å²) < 4.78 is 0. The molecule has 0 aliphatic rings. The molecule has 2 nitrogen and oxygen atoms in total. The number of hydrogen-bond donors (Lipinski definition) is 1. The molecule has 58 valence electrons. The highest BCUT2D eigenvalue weighted by Crippen LogP contribution is 2.11. The molecule has 2 heteroatoms. The van der Waals surface area contributed by atoms with E-state index in [1.807, 2.05) is 6.07 Å². The van der Waals surface area contributed by atoms with Crippen LogP contribution in [-0.2, 0) is 0 Å². The molecule has 0 aromatic carbocycles. The number of pyridine rings is 1. The van der Waals surface area contributed by atoms with E-state index in [1.165, 1.54) is 0 Å². The monoisotopic (exact) mass is 149 g/mol. The van der Waals surface area contributed by atoms with Crippen LogP contribution in [0.5, 0.6) is 0 Å². The molecule has 0 fully saturated rings. The van der Waals surface area contributed by atoms with E-state index >= 15 is 0 Å². The van der Waals surface area contributed by atoms with E-state index in [0.717, 1.165) is 11.1 Å². The number of nitrogens with zero attached hydrogens (tertiary/aromatic N) is 1. The first-order chi connectivity index (χ1) is 5.24. The molecule has 1 N–H and O–H groups in total. The molecule has 0 aliphatic heterocycles. The van der Waals surface area contributed by atoms with Gasteiger partial charge in [0.15, 0.2) is 0 Å². The van der Waals surface area contributed by atoms with Gasteiger partial charge < -0.3 is 5.11 Å². The van der Waals surface area contributed by atoms with E-state index in [-0.39, 0.29) is 0 Å². The Morgan fingerprint density at radius 3 is 2.91 bits per heavy atom. The summed E-state index contributed by atoms with van der Waals surface area (Å²) in [5.74, 6) is 0. The number of aliphatic hydroxyl groups excluding tert-OH is 1. The molecular formula is C9H11NO.